The third-order valence-corrected chi connectivity index (χ3v) is 4.65. The van der Waals surface area contributed by atoms with Gasteiger partial charge in [0.2, 0.25) is 0 Å². The minimum absolute atomic E-state index is 0.0552. The first-order chi connectivity index (χ1) is 9.33. The number of halogens is 1. The lowest BCUT2D eigenvalue weighted by Gasteiger charge is -2.08. The number of rotatable bonds is 4. The van der Waals surface area contributed by atoms with E-state index >= 15 is 0 Å². The molecule has 0 aliphatic heterocycles. The topological polar surface area (TPSA) is 78.0 Å². The summed E-state index contributed by atoms with van der Waals surface area (Å²) in [5.74, 6) is -0.770. The van der Waals surface area contributed by atoms with Crippen LogP contribution in [0.1, 0.15) is 18.3 Å². The Balaban J connectivity index is 2.40. The summed E-state index contributed by atoms with van der Waals surface area (Å²) in [7, 11) is -3.63. The van der Waals surface area contributed by atoms with E-state index in [0.29, 0.717) is 12.2 Å². The molecule has 0 saturated heterocycles. The molecule has 2 rings (SSSR count). The number of hydrogen-bond acceptors (Lipinski definition) is 4. The van der Waals surface area contributed by atoms with Gasteiger partial charge >= 0.3 is 0 Å². The van der Waals surface area contributed by atoms with Crippen LogP contribution in [0.4, 0.5) is 10.1 Å². The average molecular weight is 297 g/mol. The minimum atomic E-state index is -3.63. The fourth-order valence-corrected chi connectivity index (χ4v) is 3.53. The summed E-state index contributed by atoms with van der Waals surface area (Å²) in [4.78, 5) is -0.0552. The molecule has 7 heteroatoms. The largest absolute Gasteiger partial charge is 0.398 e. The standard InChI is InChI=1S/C13H16FN3O2S/c1-3-17-11(6-9(2)16-17)8-20(18,19)13-5-4-10(14)7-12(13)15/h4-7H,3,8,15H2,1-2H3. The maximum atomic E-state index is 13.0. The van der Waals surface area contributed by atoms with Gasteiger partial charge in [-0.25, -0.2) is 12.8 Å². The van der Waals surface area contributed by atoms with Crippen molar-refractivity contribution in [3.05, 3.63) is 41.5 Å². The predicted molar refractivity (Wildman–Crippen MR) is 74.3 cm³/mol. The molecule has 0 aliphatic rings. The normalized spacial score (nSPS) is 11.8. The number of anilines is 1. The number of benzene rings is 1. The van der Waals surface area contributed by atoms with E-state index < -0.39 is 15.7 Å². The van der Waals surface area contributed by atoms with Crippen molar-refractivity contribution in [2.75, 3.05) is 5.73 Å². The first-order valence-corrected chi connectivity index (χ1v) is 7.80. The second-order valence-corrected chi connectivity index (χ2v) is 6.49. The van der Waals surface area contributed by atoms with Gasteiger partial charge in [0.25, 0.3) is 0 Å². The highest BCUT2D eigenvalue weighted by atomic mass is 32.2. The maximum absolute atomic E-state index is 13.0. The fourth-order valence-electron chi connectivity index (χ4n) is 2.06. The van der Waals surface area contributed by atoms with Gasteiger partial charge in [-0.2, -0.15) is 5.10 Å². The molecule has 2 aromatic rings. The summed E-state index contributed by atoms with van der Waals surface area (Å²) in [5, 5.41) is 4.20. The van der Waals surface area contributed by atoms with E-state index in [2.05, 4.69) is 5.10 Å². The van der Waals surface area contributed by atoms with Gasteiger partial charge in [-0.05, 0) is 38.1 Å². The highest BCUT2D eigenvalue weighted by Crippen LogP contribution is 2.23. The Labute approximate surface area is 117 Å². The van der Waals surface area contributed by atoms with Crippen LogP contribution >= 0.6 is 0 Å². The van der Waals surface area contributed by atoms with Crippen molar-refractivity contribution in [2.24, 2.45) is 0 Å². The van der Waals surface area contributed by atoms with E-state index in [1.807, 2.05) is 6.92 Å². The second-order valence-electron chi connectivity index (χ2n) is 4.53. The maximum Gasteiger partial charge on any atom is 0.186 e. The smallest absolute Gasteiger partial charge is 0.186 e. The lowest BCUT2D eigenvalue weighted by atomic mass is 10.3. The summed E-state index contributed by atoms with van der Waals surface area (Å²) in [6.07, 6.45) is 0. The molecule has 1 aromatic heterocycles. The van der Waals surface area contributed by atoms with Crippen molar-refractivity contribution >= 4 is 15.5 Å². The molecule has 108 valence electrons. The van der Waals surface area contributed by atoms with E-state index in [0.717, 1.165) is 17.8 Å². The number of sulfone groups is 1. The minimum Gasteiger partial charge on any atom is -0.398 e. The molecule has 0 spiro atoms. The van der Waals surface area contributed by atoms with Crippen LogP contribution in [-0.2, 0) is 22.1 Å². The zero-order valence-electron chi connectivity index (χ0n) is 11.3. The molecule has 5 nitrogen and oxygen atoms in total. The molecule has 0 bridgehead atoms. The number of nitrogen functional groups attached to an aromatic ring is 1. The average Bonchev–Trinajstić information content (AvgIpc) is 2.67. The van der Waals surface area contributed by atoms with Crippen LogP contribution in [-0.4, -0.2) is 18.2 Å². The van der Waals surface area contributed by atoms with Gasteiger partial charge in [0.15, 0.2) is 9.84 Å². The Hall–Kier alpha value is -1.89. The highest BCUT2D eigenvalue weighted by molar-refractivity contribution is 7.90. The van der Waals surface area contributed by atoms with Crippen molar-refractivity contribution in [3.8, 4) is 0 Å². The van der Waals surface area contributed by atoms with Crippen LogP contribution in [0, 0.1) is 12.7 Å². The van der Waals surface area contributed by atoms with Crippen molar-refractivity contribution < 1.29 is 12.8 Å². The van der Waals surface area contributed by atoms with Crippen LogP contribution in [0.25, 0.3) is 0 Å². The zero-order chi connectivity index (χ0) is 14.9. The van der Waals surface area contributed by atoms with Crippen molar-refractivity contribution in [3.63, 3.8) is 0 Å². The van der Waals surface area contributed by atoms with E-state index in [1.165, 1.54) is 6.07 Å². The summed E-state index contributed by atoms with van der Waals surface area (Å²) in [6, 6.07) is 5.02. The molecule has 0 amide bonds. The van der Waals surface area contributed by atoms with Crippen molar-refractivity contribution in [1.29, 1.82) is 0 Å². The number of aryl methyl sites for hydroxylation is 2. The Bertz CT molecular complexity index is 738. The molecule has 0 unspecified atom stereocenters. The van der Waals surface area contributed by atoms with Gasteiger partial charge in [0.05, 0.1) is 27.7 Å². The van der Waals surface area contributed by atoms with Crippen LogP contribution in [0.2, 0.25) is 0 Å². The van der Waals surface area contributed by atoms with Gasteiger partial charge in [0, 0.05) is 6.54 Å². The summed E-state index contributed by atoms with van der Waals surface area (Å²) in [6.45, 7) is 4.26. The first-order valence-electron chi connectivity index (χ1n) is 6.14. The molecule has 0 fully saturated rings. The molecule has 20 heavy (non-hydrogen) atoms. The summed E-state index contributed by atoms with van der Waals surface area (Å²) >= 11 is 0. The van der Waals surface area contributed by atoms with E-state index in [4.69, 9.17) is 5.73 Å². The molecule has 0 radical (unpaired) electrons. The summed E-state index contributed by atoms with van der Waals surface area (Å²) < 4.78 is 39.4. The quantitative estimate of drug-likeness (QED) is 0.690. The van der Waals surface area contributed by atoms with E-state index in [9.17, 15) is 12.8 Å². The molecule has 1 aromatic carbocycles. The molecule has 0 saturated carbocycles. The Morgan fingerprint density at radius 3 is 2.65 bits per heavy atom. The van der Waals surface area contributed by atoms with Gasteiger partial charge in [-0.3, -0.25) is 4.68 Å². The monoisotopic (exact) mass is 297 g/mol. The Morgan fingerprint density at radius 2 is 2.05 bits per heavy atom. The van der Waals surface area contributed by atoms with E-state index in [1.54, 1.807) is 17.7 Å². The van der Waals surface area contributed by atoms with E-state index in [-0.39, 0.29) is 16.3 Å². The summed E-state index contributed by atoms with van der Waals surface area (Å²) in [5.41, 5.74) is 6.86. The van der Waals surface area contributed by atoms with Gasteiger partial charge in [0.1, 0.15) is 5.82 Å². The van der Waals surface area contributed by atoms with Crippen LogP contribution in [0.3, 0.4) is 0 Å². The van der Waals surface area contributed by atoms with Crippen LogP contribution in [0.15, 0.2) is 29.2 Å². The molecule has 1 heterocycles. The predicted octanol–water partition coefficient (Wildman–Crippen LogP) is 1.91. The van der Waals surface area contributed by atoms with Crippen LogP contribution < -0.4 is 5.73 Å². The second kappa shape index (κ2) is 5.24. The first kappa shape index (κ1) is 14.5. The van der Waals surface area contributed by atoms with Gasteiger partial charge in [-0.1, -0.05) is 0 Å². The number of nitrogens with two attached hydrogens (primary N) is 1. The molecule has 0 aliphatic carbocycles. The Morgan fingerprint density at radius 1 is 1.35 bits per heavy atom. The number of aromatic nitrogens is 2. The third kappa shape index (κ3) is 2.82. The SMILES string of the molecule is CCn1nc(C)cc1CS(=O)(=O)c1ccc(F)cc1N. The number of nitrogens with zero attached hydrogens (tertiary/aromatic N) is 2. The molecular formula is C13H16FN3O2S. The molecule has 2 N–H and O–H groups in total. The molecular weight excluding hydrogens is 281 g/mol. The number of hydrogen-bond donors (Lipinski definition) is 1. The molecule has 0 atom stereocenters. The van der Waals surface area contributed by atoms with Crippen LogP contribution in [0.5, 0.6) is 0 Å². The van der Waals surface area contributed by atoms with Crippen molar-refractivity contribution in [1.82, 2.24) is 9.78 Å². The fraction of sp³-hybridized carbons (Fsp3) is 0.308. The highest BCUT2D eigenvalue weighted by Gasteiger charge is 2.21. The third-order valence-electron chi connectivity index (χ3n) is 2.93. The Kier molecular flexibility index (Phi) is 3.80. The van der Waals surface area contributed by atoms with Gasteiger partial charge in [-0.15, -0.1) is 0 Å². The zero-order valence-corrected chi connectivity index (χ0v) is 12.1. The van der Waals surface area contributed by atoms with Gasteiger partial charge < -0.3 is 5.73 Å². The van der Waals surface area contributed by atoms with Crippen molar-refractivity contribution in [2.45, 2.75) is 31.0 Å². The lowest BCUT2D eigenvalue weighted by Crippen LogP contribution is -2.12. The lowest BCUT2D eigenvalue weighted by molar-refractivity contribution is 0.585.